The molecule has 3 heteroatoms. The highest BCUT2D eigenvalue weighted by atomic mass is 19.1. The molecule has 2 nitrogen and oxygen atoms in total. The van der Waals surface area contributed by atoms with Crippen LogP contribution in [0.5, 0.6) is 0 Å². The summed E-state index contributed by atoms with van der Waals surface area (Å²) in [6.45, 7) is 4.14. The Morgan fingerprint density at radius 3 is 2.40 bits per heavy atom. The lowest BCUT2D eigenvalue weighted by molar-refractivity contribution is 0.0693. The third-order valence-electron chi connectivity index (χ3n) is 3.51. The van der Waals surface area contributed by atoms with Crippen LogP contribution in [0.3, 0.4) is 0 Å². The van der Waals surface area contributed by atoms with Gasteiger partial charge in [0.15, 0.2) is 0 Å². The zero-order valence-corrected chi connectivity index (χ0v) is 11.6. The highest BCUT2D eigenvalue weighted by molar-refractivity contribution is 5.96. The van der Waals surface area contributed by atoms with E-state index in [1.54, 1.807) is 6.07 Å². The van der Waals surface area contributed by atoms with E-state index in [4.69, 9.17) is 0 Å². The Labute approximate surface area is 117 Å². The Balaban J connectivity index is 2.63. The summed E-state index contributed by atoms with van der Waals surface area (Å²) < 4.78 is 13.7. The van der Waals surface area contributed by atoms with Gasteiger partial charge in [-0.3, -0.25) is 0 Å². The van der Waals surface area contributed by atoms with Crippen LogP contribution < -0.4 is 0 Å². The lowest BCUT2D eigenvalue weighted by atomic mass is 9.94. The molecular weight excluding hydrogens is 255 g/mol. The predicted octanol–water partition coefficient (Wildman–Crippen LogP) is 4.32. The molecule has 104 valence electrons. The molecule has 0 fully saturated rings. The smallest absolute Gasteiger partial charge is 0.339 e. The molecule has 2 aromatic rings. The van der Waals surface area contributed by atoms with Crippen molar-refractivity contribution in [1.29, 1.82) is 0 Å². The standard InChI is InChI=1S/C17H17FO2/c1-3-11-8-9-13(10-12(11)4-2)14-6-5-7-15(18)16(14)17(19)20/h5-10H,3-4H2,1-2H3,(H,19,20). The van der Waals surface area contributed by atoms with E-state index >= 15 is 0 Å². The molecule has 0 spiro atoms. The third kappa shape index (κ3) is 2.57. The molecule has 0 radical (unpaired) electrons. The van der Waals surface area contributed by atoms with E-state index in [-0.39, 0.29) is 5.56 Å². The third-order valence-corrected chi connectivity index (χ3v) is 3.51. The summed E-state index contributed by atoms with van der Waals surface area (Å²) in [7, 11) is 0. The summed E-state index contributed by atoms with van der Waals surface area (Å²) in [6.07, 6.45) is 1.80. The minimum Gasteiger partial charge on any atom is -0.478 e. The van der Waals surface area contributed by atoms with Crippen LogP contribution in [0.1, 0.15) is 35.3 Å². The van der Waals surface area contributed by atoms with Crippen molar-refractivity contribution in [2.45, 2.75) is 26.7 Å². The molecule has 0 unspecified atom stereocenters. The molecule has 0 aliphatic heterocycles. The molecule has 0 atom stereocenters. The van der Waals surface area contributed by atoms with E-state index < -0.39 is 11.8 Å². The number of carboxylic acid groups (broad SMARTS) is 1. The van der Waals surface area contributed by atoms with Gasteiger partial charge in [0.2, 0.25) is 0 Å². The van der Waals surface area contributed by atoms with E-state index in [0.717, 1.165) is 18.4 Å². The maximum atomic E-state index is 13.7. The van der Waals surface area contributed by atoms with Gasteiger partial charge in [0.25, 0.3) is 0 Å². The molecule has 0 saturated carbocycles. The van der Waals surface area contributed by atoms with E-state index in [0.29, 0.717) is 5.56 Å². The van der Waals surface area contributed by atoms with Gasteiger partial charge in [0.1, 0.15) is 11.4 Å². The number of halogens is 1. The van der Waals surface area contributed by atoms with Crippen LogP contribution in [0.25, 0.3) is 11.1 Å². The zero-order valence-electron chi connectivity index (χ0n) is 11.6. The number of hydrogen-bond donors (Lipinski definition) is 1. The number of hydrogen-bond acceptors (Lipinski definition) is 1. The SMILES string of the molecule is CCc1ccc(-c2cccc(F)c2C(=O)O)cc1CC. The largest absolute Gasteiger partial charge is 0.478 e. The normalized spacial score (nSPS) is 10.6. The molecule has 2 rings (SSSR count). The van der Waals surface area contributed by atoms with Crippen LogP contribution in [0.15, 0.2) is 36.4 Å². The van der Waals surface area contributed by atoms with Gasteiger partial charge in [-0.05, 0) is 41.2 Å². The second-order valence-corrected chi connectivity index (χ2v) is 4.66. The molecule has 1 N–H and O–H groups in total. The van der Waals surface area contributed by atoms with E-state index in [1.165, 1.54) is 23.3 Å². The summed E-state index contributed by atoms with van der Waals surface area (Å²) in [5, 5.41) is 9.20. The van der Waals surface area contributed by atoms with Gasteiger partial charge in [-0.25, -0.2) is 9.18 Å². The molecule has 0 amide bonds. The average Bonchev–Trinajstić information content (AvgIpc) is 2.45. The van der Waals surface area contributed by atoms with Gasteiger partial charge in [0, 0.05) is 0 Å². The molecular formula is C17H17FO2. The van der Waals surface area contributed by atoms with Gasteiger partial charge >= 0.3 is 5.97 Å². The topological polar surface area (TPSA) is 37.3 Å². The first-order valence-electron chi connectivity index (χ1n) is 6.72. The number of carboxylic acids is 1. The summed E-state index contributed by atoms with van der Waals surface area (Å²) in [6, 6.07) is 10.2. The second-order valence-electron chi connectivity index (χ2n) is 4.66. The Kier molecular flexibility index (Phi) is 4.18. The lowest BCUT2D eigenvalue weighted by Gasteiger charge is -2.11. The van der Waals surface area contributed by atoms with Crippen molar-refractivity contribution in [3.63, 3.8) is 0 Å². The molecule has 0 aromatic heterocycles. The summed E-state index contributed by atoms with van der Waals surface area (Å²) in [5.74, 6) is -1.94. The molecule has 0 aliphatic rings. The summed E-state index contributed by atoms with van der Waals surface area (Å²) >= 11 is 0. The first-order valence-corrected chi connectivity index (χ1v) is 6.72. The monoisotopic (exact) mass is 272 g/mol. The van der Waals surface area contributed by atoms with Crippen LogP contribution in [0.2, 0.25) is 0 Å². The number of benzene rings is 2. The van der Waals surface area contributed by atoms with E-state index in [2.05, 4.69) is 13.8 Å². The van der Waals surface area contributed by atoms with Crippen LogP contribution in [-0.2, 0) is 12.8 Å². The Morgan fingerprint density at radius 1 is 1.10 bits per heavy atom. The van der Waals surface area contributed by atoms with Crippen molar-refractivity contribution in [3.8, 4) is 11.1 Å². The van der Waals surface area contributed by atoms with Crippen LogP contribution in [0, 0.1) is 5.82 Å². The minimum atomic E-state index is -1.24. The zero-order chi connectivity index (χ0) is 14.7. The number of aryl methyl sites for hydroxylation is 2. The maximum absolute atomic E-state index is 13.7. The fourth-order valence-corrected chi connectivity index (χ4v) is 2.45. The molecule has 0 bridgehead atoms. The van der Waals surface area contributed by atoms with Gasteiger partial charge < -0.3 is 5.11 Å². The van der Waals surface area contributed by atoms with Crippen LogP contribution in [0.4, 0.5) is 4.39 Å². The molecule has 0 heterocycles. The molecule has 0 aliphatic carbocycles. The van der Waals surface area contributed by atoms with Gasteiger partial charge in [0.05, 0.1) is 0 Å². The summed E-state index contributed by atoms with van der Waals surface area (Å²) in [5.41, 5.74) is 3.32. The second kappa shape index (κ2) is 5.87. The fraction of sp³-hybridized carbons (Fsp3) is 0.235. The number of rotatable bonds is 4. The van der Waals surface area contributed by atoms with Crippen molar-refractivity contribution >= 4 is 5.97 Å². The number of carbonyl (C=O) groups is 1. The Morgan fingerprint density at radius 2 is 1.80 bits per heavy atom. The van der Waals surface area contributed by atoms with Gasteiger partial charge in [-0.15, -0.1) is 0 Å². The fourth-order valence-electron chi connectivity index (χ4n) is 2.45. The first kappa shape index (κ1) is 14.3. The lowest BCUT2D eigenvalue weighted by Crippen LogP contribution is -2.03. The highest BCUT2D eigenvalue weighted by Gasteiger charge is 2.17. The Hall–Kier alpha value is -2.16. The quantitative estimate of drug-likeness (QED) is 0.900. The minimum absolute atomic E-state index is 0.265. The highest BCUT2D eigenvalue weighted by Crippen LogP contribution is 2.28. The maximum Gasteiger partial charge on any atom is 0.339 e. The van der Waals surface area contributed by atoms with E-state index in [1.807, 2.05) is 18.2 Å². The van der Waals surface area contributed by atoms with E-state index in [9.17, 15) is 14.3 Å². The van der Waals surface area contributed by atoms with Crippen LogP contribution >= 0.6 is 0 Å². The molecule has 2 aromatic carbocycles. The van der Waals surface area contributed by atoms with Crippen molar-refractivity contribution in [2.75, 3.05) is 0 Å². The van der Waals surface area contributed by atoms with Crippen molar-refractivity contribution in [1.82, 2.24) is 0 Å². The van der Waals surface area contributed by atoms with Crippen molar-refractivity contribution < 1.29 is 14.3 Å². The average molecular weight is 272 g/mol. The van der Waals surface area contributed by atoms with Crippen molar-refractivity contribution in [2.24, 2.45) is 0 Å². The van der Waals surface area contributed by atoms with Crippen LogP contribution in [-0.4, -0.2) is 11.1 Å². The first-order chi connectivity index (χ1) is 9.58. The summed E-state index contributed by atoms with van der Waals surface area (Å²) in [4.78, 5) is 11.3. The number of aromatic carboxylic acids is 1. The molecule has 0 saturated heterocycles. The Bertz CT molecular complexity index is 647. The predicted molar refractivity (Wildman–Crippen MR) is 77.6 cm³/mol. The van der Waals surface area contributed by atoms with Gasteiger partial charge in [-0.1, -0.05) is 44.2 Å². The van der Waals surface area contributed by atoms with Crippen molar-refractivity contribution in [3.05, 3.63) is 58.9 Å². The van der Waals surface area contributed by atoms with Gasteiger partial charge in [-0.2, -0.15) is 0 Å². The molecule has 20 heavy (non-hydrogen) atoms.